The zero-order valence-electron chi connectivity index (χ0n) is 36.1. The Balaban J connectivity index is 4.52. The summed E-state index contributed by atoms with van der Waals surface area (Å²) in [5, 5.41) is 13.8. The SMILES string of the molecule is CCCCCC/C=C\C/C=C\CCCCCCCCCC(=O)NC(COP(=O)(O)OCC[N+](C)(C)C)C(O)/C=C/CC/C=C/CC/C=C/CCCCCCC. The molecule has 320 valence electrons. The van der Waals surface area contributed by atoms with E-state index >= 15 is 0 Å². The quantitative estimate of drug-likeness (QED) is 0.0248. The summed E-state index contributed by atoms with van der Waals surface area (Å²) >= 11 is 0. The summed E-state index contributed by atoms with van der Waals surface area (Å²) in [6.07, 6.45) is 48.6. The molecule has 0 aromatic rings. The number of quaternary nitrogens is 1. The zero-order valence-corrected chi connectivity index (χ0v) is 37.0. The summed E-state index contributed by atoms with van der Waals surface area (Å²) in [5.74, 6) is -0.202. The molecule has 0 radical (unpaired) electrons. The van der Waals surface area contributed by atoms with Gasteiger partial charge in [-0.05, 0) is 77.0 Å². The Kier molecular flexibility index (Phi) is 36.5. The number of phosphoric ester groups is 1. The number of allylic oxidation sites excluding steroid dienone is 9. The van der Waals surface area contributed by atoms with Crippen molar-refractivity contribution in [1.29, 1.82) is 0 Å². The fourth-order valence-corrected chi connectivity index (χ4v) is 6.60. The lowest BCUT2D eigenvalue weighted by molar-refractivity contribution is -0.870. The maximum atomic E-state index is 12.9. The maximum Gasteiger partial charge on any atom is 0.472 e. The number of aliphatic hydroxyl groups is 1. The lowest BCUT2D eigenvalue weighted by Gasteiger charge is -2.25. The second-order valence-electron chi connectivity index (χ2n) is 16.0. The van der Waals surface area contributed by atoms with Crippen LogP contribution in [0.15, 0.2) is 60.8 Å². The maximum absolute atomic E-state index is 12.9. The first-order valence-corrected chi connectivity index (χ1v) is 23.7. The number of nitrogens with zero attached hydrogens (tertiary/aromatic N) is 1. The van der Waals surface area contributed by atoms with E-state index in [-0.39, 0.29) is 19.1 Å². The Morgan fingerprint density at radius 2 is 1.05 bits per heavy atom. The average Bonchev–Trinajstić information content (AvgIpc) is 3.13. The summed E-state index contributed by atoms with van der Waals surface area (Å²) in [6, 6.07) is -0.874. The van der Waals surface area contributed by atoms with Crippen molar-refractivity contribution in [3.63, 3.8) is 0 Å². The van der Waals surface area contributed by atoms with Gasteiger partial charge in [0, 0.05) is 6.42 Å². The van der Waals surface area contributed by atoms with Crippen LogP contribution in [-0.4, -0.2) is 73.4 Å². The minimum atomic E-state index is -4.35. The number of rotatable bonds is 39. The predicted octanol–water partition coefficient (Wildman–Crippen LogP) is 12.2. The van der Waals surface area contributed by atoms with E-state index in [2.05, 4.69) is 67.8 Å². The molecule has 0 saturated carbocycles. The Labute approximate surface area is 339 Å². The van der Waals surface area contributed by atoms with Crippen molar-refractivity contribution in [1.82, 2.24) is 5.32 Å². The Hall–Kier alpha value is -1.80. The van der Waals surface area contributed by atoms with Gasteiger partial charge in [0.15, 0.2) is 0 Å². The highest BCUT2D eigenvalue weighted by atomic mass is 31.2. The molecule has 0 fully saturated rings. The van der Waals surface area contributed by atoms with Crippen LogP contribution in [0.25, 0.3) is 0 Å². The summed E-state index contributed by atoms with van der Waals surface area (Å²) in [7, 11) is 1.53. The molecule has 0 saturated heterocycles. The highest BCUT2D eigenvalue weighted by Gasteiger charge is 2.27. The molecule has 0 aromatic heterocycles. The first-order chi connectivity index (χ1) is 26.5. The highest BCUT2D eigenvalue weighted by molar-refractivity contribution is 7.47. The van der Waals surface area contributed by atoms with Gasteiger partial charge >= 0.3 is 7.82 Å². The second kappa shape index (κ2) is 37.8. The van der Waals surface area contributed by atoms with Crippen LogP contribution in [0.1, 0.15) is 174 Å². The summed E-state index contributed by atoms with van der Waals surface area (Å²) in [5.41, 5.74) is 0. The highest BCUT2D eigenvalue weighted by Crippen LogP contribution is 2.43. The molecular weight excluding hydrogens is 707 g/mol. The smallest absolute Gasteiger partial charge is 0.387 e. The van der Waals surface area contributed by atoms with E-state index in [1.54, 1.807) is 6.08 Å². The number of amides is 1. The lowest BCUT2D eigenvalue weighted by Crippen LogP contribution is -2.45. The van der Waals surface area contributed by atoms with Crippen molar-refractivity contribution >= 4 is 13.7 Å². The molecule has 3 atom stereocenters. The fourth-order valence-electron chi connectivity index (χ4n) is 5.87. The van der Waals surface area contributed by atoms with Crippen LogP contribution < -0.4 is 5.32 Å². The summed E-state index contributed by atoms with van der Waals surface area (Å²) in [6.45, 7) is 4.73. The van der Waals surface area contributed by atoms with E-state index in [0.29, 0.717) is 17.4 Å². The monoisotopic (exact) mass is 794 g/mol. The van der Waals surface area contributed by atoms with Crippen LogP contribution >= 0.6 is 7.82 Å². The summed E-state index contributed by atoms with van der Waals surface area (Å²) < 4.78 is 23.5. The van der Waals surface area contributed by atoms with E-state index in [4.69, 9.17) is 9.05 Å². The van der Waals surface area contributed by atoms with Crippen molar-refractivity contribution < 1.29 is 32.9 Å². The van der Waals surface area contributed by atoms with E-state index in [9.17, 15) is 19.4 Å². The number of likely N-dealkylation sites (N-methyl/N-ethyl adjacent to an activating group) is 1. The van der Waals surface area contributed by atoms with Crippen LogP contribution in [-0.2, 0) is 18.4 Å². The number of carbonyl (C=O) groups is 1. The number of unbranched alkanes of at least 4 members (excludes halogenated alkanes) is 18. The van der Waals surface area contributed by atoms with Crippen LogP contribution in [0.5, 0.6) is 0 Å². The number of carbonyl (C=O) groups excluding carboxylic acids is 1. The van der Waals surface area contributed by atoms with Gasteiger partial charge < -0.3 is 19.8 Å². The number of hydrogen-bond acceptors (Lipinski definition) is 5. The number of aliphatic hydroxyl groups excluding tert-OH is 1. The molecule has 3 N–H and O–H groups in total. The van der Waals surface area contributed by atoms with Gasteiger partial charge in [0.1, 0.15) is 13.2 Å². The molecule has 8 nitrogen and oxygen atoms in total. The lowest BCUT2D eigenvalue weighted by atomic mass is 10.1. The first-order valence-electron chi connectivity index (χ1n) is 22.2. The van der Waals surface area contributed by atoms with Gasteiger partial charge in [0.2, 0.25) is 5.91 Å². The van der Waals surface area contributed by atoms with Gasteiger partial charge in [0.05, 0.1) is 39.9 Å². The van der Waals surface area contributed by atoms with Crippen molar-refractivity contribution in [2.75, 3.05) is 40.9 Å². The molecule has 0 aromatic carbocycles. The van der Waals surface area contributed by atoms with Crippen molar-refractivity contribution in [2.45, 2.75) is 187 Å². The standard InChI is InChI=1S/C46H85N2O6P/c1-6-8-10-12-14-16-18-20-22-23-24-26-28-30-32-34-36-38-40-46(50)47-44(43-54-55(51,52)53-42-41-48(3,4)5)45(49)39-37-35-33-31-29-27-25-21-19-17-15-13-11-9-7-2/h16,18-19,21-23,29,31,37,39,44-45,49H,6-15,17,20,24-28,30,32-36,38,40-43H2,1-5H3,(H-,47,50,51,52)/p+1/b18-16-,21-19+,23-22-,31-29+,39-37+. The third kappa shape index (κ3) is 40.2. The topological polar surface area (TPSA) is 105 Å². The largest absolute Gasteiger partial charge is 0.472 e. The molecule has 0 heterocycles. The first kappa shape index (κ1) is 53.2. The molecule has 0 aliphatic rings. The van der Waals surface area contributed by atoms with Gasteiger partial charge in [-0.15, -0.1) is 0 Å². The Morgan fingerprint density at radius 1 is 0.618 bits per heavy atom. The minimum Gasteiger partial charge on any atom is -0.387 e. The third-order valence-electron chi connectivity index (χ3n) is 9.44. The third-order valence-corrected chi connectivity index (χ3v) is 10.4. The fraction of sp³-hybridized carbons (Fsp3) is 0.761. The molecule has 0 bridgehead atoms. The van der Waals surface area contributed by atoms with Crippen LogP contribution in [0.2, 0.25) is 0 Å². The molecule has 3 unspecified atom stereocenters. The van der Waals surface area contributed by atoms with Gasteiger partial charge in [-0.2, -0.15) is 0 Å². The van der Waals surface area contributed by atoms with Crippen molar-refractivity contribution in [2.24, 2.45) is 0 Å². The van der Waals surface area contributed by atoms with E-state index in [1.165, 1.54) is 89.9 Å². The normalized spacial score (nSPS) is 15.0. The molecule has 1 amide bonds. The van der Waals surface area contributed by atoms with Crippen molar-refractivity contribution in [3.05, 3.63) is 60.8 Å². The van der Waals surface area contributed by atoms with Gasteiger partial charge in [-0.1, -0.05) is 152 Å². The van der Waals surface area contributed by atoms with Crippen LogP contribution in [0, 0.1) is 0 Å². The molecule has 9 heteroatoms. The van der Waals surface area contributed by atoms with Crippen LogP contribution in [0.4, 0.5) is 0 Å². The van der Waals surface area contributed by atoms with Gasteiger partial charge in [-0.3, -0.25) is 13.8 Å². The molecule has 0 spiro atoms. The molecule has 0 aliphatic heterocycles. The molecular formula is C46H86N2O6P+. The van der Waals surface area contributed by atoms with Crippen molar-refractivity contribution in [3.8, 4) is 0 Å². The zero-order chi connectivity index (χ0) is 40.7. The Bertz CT molecular complexity index is 1080. The number of nitrogens with one attached hydrogen (secondary N) is 1. The minimum absolute atomic E-state index is 0.0495. The molecule has 0 aliphatic carbocycles. The average molecular weight is 794 g/mol. The predicted molar refractivity (Wildman–Crippen MR) is 235 cm³/mol. The summed E-state index contributed by atoms with van der Waals surface area (Å²) in [4.78, 5) is 23.1. The second-order valence-corrected chi connectivity index (χ2v) is 17.5. The molecule has 55 heavy (non-hydrogen) atoms. The number of hydrogen-bond donors (Lipinski definition) is 3. The van der Waals surface area contributed by atoms with E-state index < -0.39 is 20.0 Å². The number of phosphoric acid groups is 1. The van der Waals surface area contributed by atoms with E-state index in [0.717, 1.165) is 64.2 Å². The molecule has 0 rings (SSSR count). The Morgan fingerprint density at radius 3 is 1.58 bits per heavy atom. The van der Waals surface area contributed by atoms with E-state index in [1.807, 2.05) is 27.2 Å². The van der Waals surface area contributed by atoms with Crippen LogP contribution in [0.3, 0.4) is 0 Å². The van der Waals surface area contributed by atoms with Gasteiger partial charge in [-0.25, -0.2) is 4.57 Å². The van der Waals surface area contributed by atoms with Gasteiger partial charge in [0.25, 0.3) is 0 Å².